The second-order valence-electron chi connectivity index (χ2n) is 11.8. The molecule has 1 aliphatic carbocycles. The number of carbonyl (C=O) groups excluding carboxylic acids is 1. The first-order valence-corrected chi connectivity index (χ1v) is 15.0. The number of fused-ring (bicyclic) bond motifs is 2. The predicted octanol–water partition coefficient (Wildman–Crippen LogP) is 7.50. The van der Waals surface area contributed by atoms with E-state index in [1.165, 1.54) is 6.07 Å². The molecule has 1 amide bonds. The molecule has 0 radical (unpaired) electrons. The van der Waals surface area contributed by atoms with Crippen molar-refractivity contribution in [3.05, 3.63) is 90.7 Å². The molecular formula is C36H33FN6O. The van der Waals surface area contributed by atoms with Gasteiger partial charge in [-0.2, -0.15) is 5.10 Å². The normalized spacial score (nSPS) is 13.3. The van der Waals surface area contributed by atoms with E-state index in [2.05, 4.69) is 55.0 Å². The lowest BCUT2D eigenvalue weighted by Crippen LogP contribution is -2.27. The van der Waals surface area contributed by atoms with Crippen molar-refractivity contribution in [1.29, 1.82) is 0 Å². The molecule has 0 atom stereocenters. The molecule has 1 fully saturated rings. The lowest BCUT2D eigenvalue weighted by Gasteiger charge is -2.23. The van der Waals surface area contributed by atoms with Crippen LogP contribution in [0.3, 0.4) is 0 Å². The average molecular weight is 585 g/mol. The number of anilines is 2. The van der Waals surface area contributed by atoms with Gasteiger partial charge in [0.15, 0.2) is 0 Å². The van der Waals surface area contributed by atoms with E-state index < -0.39 is 0 Å². The van der Waals surface area contributed by atoms with Gasteiger partial charge in [0.05, 0.1) is 16.9 Å². The minimum atomic E-state index is -0.282. The Hall–Kier alpha value is -5.13. The summed E-state index contributed by atoms with van der Waals surface area (Å²) in [7, 11) is 4.03. The van der Waals surface area contributed by atoms with E-state index >= 15 is 0 Å². The topological polar surface area (TPSA) is 88.8 Å². The molecule has 2 aromatic heterocycles. The average Bonchev–Trinajstić information content (AvgIpc) is 3.59. The van der Waals surface area contributed by atoms with E-state index in [1.54, 1.807) is 6.07 Å². The summed E-state index contributed by atoms with van der Waals surface area (Å²) >= 11 is 0. The number of H-pyrrole nitrogens is 2. The van der Waals surface area contributed by atoms with Gasteiger partial charge >= 0.3 is 0 Å². The van der Waals surface area contributed by atoms with Crippen molar-refractivity contribution in [3.63, 3.8) is 0 Å². The number of hydrogen-bond donors (Lipinski definition) is 4. The van der Waals surface area contributed by atoms with Crippen molar-refractivity contribution in [1.82, 2.24) is 20.1 Å². The molecule has 0 bridgehead atoms. The monoisotopic (exact) mass is 584 g/mol. The summed E-state index contributed by atoms with van der Waals surface area (Å²) in [5, 5.41) is 16.1. The Labute approximate surface area is 255 Å². The Morgan fingerprint density at radius 3 is 2.70 bits per heavy atom. The zero-order valence-corrected chi connectivity index (χ0v) is 24.7. The first-order chi connectivity index (χ1) is 21.4. The van der Waals surface area contributed by atoms with Crippen LogP contribution >= 0.6 is 0 Å². The first-order valence-electron chi connectivity index (χ1n) is 15.0. The number of hydrogen-bond acceptors (Lipinski definition) is 4. The molecule has 0 unspecified atom stereocenters. The Kier molecular flexibility index (Phi) is 7.24. The van der Waals surface area contributed by atoms with Gasteiger partial charge in [0, 0.05) is 41.0 Å². The van der Waals surface area contributed by atoms with Gasteiger partial charge < -0.3 is 20.5 Å². The molecule has 1 saturated carbocycles. The predicted molar refractivity (Wildman–Crippen MR) is 175 cm³/mol. The van der Waals surface area contributed by atoms with E-state index in [0.29, 0.717) is 5.69 Å². The van der Waals surface area contributed by atoms with Crippen LogP contribution in [0.25, 0.3) is 55.4 Å². The third kappa shape index (κ3) is 5.50. The van der Waals surface area contributed by atoms with Crippen LogP contribution in [0.1, 0.15) is 19.3 Å². The maximum atomic E-state index is 14.7. The number of benzene rings is 3. The number of amides is 1. The number of carbonyl (C=O) groups is 1. The van der Waals surface area contributed by atoms with Crippen molar-refractivity contribution in [3.8, 4) is 33.6 Å². The van der Waals surface area contributed by atoms with Crippen LogP contribution in [0, 0.1) is 23.9 Å². The molecule has 0 saturated heterocycles. The summed E-state index contributed by atoms with van der Waals surface area (Å²) in [6, 6.07) is 29.2. The molecule has 7 nitrogen and oxygen atoms in total. The molecule has 44 heavy (non-hydrogen) atoms. The number of nitrogens with zero attached hydrogens (tertiary/aromatic N) is 2. The largest absolute Gasteiger partial charge is 0.384 e. The van der Waals surface area contributed by atoms with Gasteiger partial charge in [-0.15, -0.1) is 0 Å². The van der Waals surface area contributed by atoms with Crippen LogP contribution < -0.4 is 10.6 Å². The zero-order chi connectivity index (χ0) is 30.2. The Bertz CT molecular complexity index is 1990. The molecule has 2 heterocycles. The van der Waals surface area contributed by atoms with Gasteiger partial charge in [-0.05, 0) is 110 Å². The van der Waals surface area contributed by atoms with Crippen LogP contribution in [0.5, 0.6) is 0 Å². The van der Waals surface area contributed by atoms with Crippen molar-refractivity contribution < 1.29 is 9.18 Å². The van der Waals surface area contributed by atoms with Crippen molar-refractivity contribution in [2.45, 2.75) is 19.3 Å². The van der Waals surface area contributed by atoms with Crippen molar-refractivity contribution in [2.24, 2.45) is 5.92 Å². The SMILES string of the molecule is CN(C)CCNc1cc(F)cc(-c2cccc3[nH]c(-c4n[nH]c5ccc(-c6cc#cc(NC(=O)C7CCC7)c6)cc45)cc23)c1. The maximum Gasteiger partial charge on any atom is 0.227 e. The fraction of sp³-hybridized carbons (Fsp3) is 0.222. The lowest BCUT2D eigenvalue weighted by atomic mass is 9.85. The van der Waals surface area contributed by atoms with Gasteiger partial charge in [-0.3, -0.25) is 9.89 Å². The van der Waals surface area contributed by atoms with E-state index in [0.717, 1.165) is 93.5 Å². The lowest BCUT2D eigenvalue weighted by molar-refractivity contribution is -0.122. The highest BCUT2D eigenvalue weighted by Crippen LogP contribution is 2.36. The highest BCUT2D eigenvalue weighted by molar-refractivity contribution is 6.02. The maximum absolute atomic E-state index is 14.7. The second-order valence-corrected chi connectivity index (χ2v) is 11.8. The Morgan fingerprint density at radius 2 is 1.89 bits per heavy atom. The highest BCUT2D eigenvalue weighted by Gasteiger charge is 2.25. The minimum Gasteiger partial charge on any atom is -0.384 e. The van der Waals surface area contributed by atoms with Crippen LogP contribution in [-0.2, 0) is 4.79 Å². The summed E-state index contributed by atoms with van der Waals surface area (Å²) in [6.45, 7) is 1.57. The van der Waals surface area contributed by atoms with E-state index in [4.69, 9.17) is 0 Å². The van der Waals surface area contributed by atoms with E-state index in [9.17, 15) is 9.18 Å². The van der Waals surface area contributed by atoms with Gasteiger partial charge in [-0.25, -0.2) is 4.39 Å². The molecule has 4 N–H and O–H groups in total. The summed E-state index contributed by atoms with van der Waals surface area (Å²) in [5.41, 5.74) is 8.54. The van der Waals surface area contributed by atoms with Crippen LogP contribution in [0.2, 0.25) is 0 Å². The smallest absolute Gasteiger partial charge is 0.227 e. The Balaban J connectivity index is 1.21. The van der Waals surface area contributed by atoms with Gasteiger partial charge in [0.25, 0.3) is 0 Å². The third-order valence-corrected chi connectivity index (χ3v) is 8.38. The summed E-state index contributed by atoms with van der Waals surface area (Å²) < 4.78 is 14.7. The number of nitrogens with one attached hydrogen (secondary N) is 4. The van der Waals surface area contributed by atoms with Crippen molar-refractivity contribution in [2.75, 3.05) is 37.8 Å². The van der Waals surface area contributed by atoms with Crippen LogP contribution in [0.15, 0.2) is 72.8 Å². The molecule has 8 heteroatoms. The fourth-order valence-electron chi connectivity index (χ4n) is 5.77. The molecule has 0 aliphatic heterocycles. The summed E-state index contributed by atoms with van der Waals surface area (Å²) in [4.78, 5) is 18.1. The second kappa shape index (κ2) is 11.5. The third-order valence-electron chi connectivity index (χ3n) is 8.38. The van der Waals surface area contributed by atoms with Crippen LogP contribution in [-0.4, -0.2) is 53.2 Å². The molecule has 1 aliphatic rings. The number of likely N-dealkylation sites (N-methyl/N-ethyl adjacent to an activating group) is 1. The summed E-state index contributed by atoms with van der Waals surface area (Å²) in [5.74, 6) is -0.129. The molecule has 4 aromatic carbocycles. The van der Waals surface area contributed by atoms with Gasteiger partial charge in [0.1, 0.15) is 11.5 Å². The minimum absolute atomic E-state index is 0.0545. The standard InChI is InChI=1S/C36H33FN6O/c1-43(2)15-14-38-28-18-25(16-26(37)20-28)29-10-5-11-32-30(29)21-34(40-32)35-31-19-24(12-13-33(31)41-42-35)23-8-4-9-27(17-23)39-36(44)22-6-3-7-22/h5,8,10-13,16-22,38,40H,3,6-7,14-15H2,1-2H3,(H,39,44)(H,41,42). The number of rotatable bonds is 9. The first kappa shape index (κ1) is 27.7. The Morgan fingerprint density at radius 1 is 1.00 bits per heavy atom. The number of aromatic nitrogens is 3. The van der Waals surface area contributed by atoms with Crippen molar-refractivity contribution >= 4 is 39.1 Å². The van der Waals surface area contributed by atoms with E-state index in [1.807, 2.05) is 62.6 Å². The summed E-state index contributed by atoms with van der Waals surface area (Å²) in [6.07, 6.45) is 3.00. The molecule has 7 rings (SSSR count). The molecule has 6 aromatic rings. The van der Waals surface area contributed by atoms with Gasteiger partial charge in [0.2, 0.25) is 5.91 Å². The van der Waals surface area contributed by atoms with Crippen LogP contribution in [0.4, 0.5) is 15.8 Å². The zero-order valence-electron chi connectivity index (χ0n) is 24.7. The molecule has 220 valence electrons. The quantitative estimate of drug-likeness (QED) is 0.142. The van der Waals surface area contributed by atoms with Gasteiger partial charge in [-0.1, -0.05) is 30.7 Å². The highest BCUT2D eigenvalue weighted by atomic mass is 19.1. The number of halogens is 1. The number of aromatic amines is 2. The molecular weight excluding hydrogens is 551 g/mol. The van der Waals surface area contributed by atoms with E-state index in [-0.39, 0.29) is 17.6 Å². The molecule has 0 spiro atoms. The fourth-order valence-corrected chi connectivity index (χ4v) is 5.77.